The summed E-state index contributed by atoms with van der Waals surface area (Å²) < 4.78 is 6.29. The number of anilines is 3. The molecular formula is C55H39NO. The van der Waals surface area contributed by atoms with Crippen LogP contribution in [0, 0.1) is 0 Å². The molecule has 1 heterocycles. The second-order valence-electron chi connectivity index (χ2n) is 15.6. The van der Waals surface area contributed by atoms with Gasteiger partial charge in [0.25, 0.3) is 0 Å². The van der Waals surface area contributed by atoms with Crippen LogP contribution < -0.4 is 4.90 Å². The van der Waals surface area contributed by atoms with E-state index in [9.17, 15) is 0 Å². The van der Waals surface area contributed by atoms with Crippen molar-refractivity contribution in [3.8, 4) is 44.5 Å². The van der Waals surface area contributed by atoms with Crippen molar-refractivity contribution in [2.75, 3.05) is 4.90 Å². The first-order valence-electron chi connectivity index (χ1n) is 19.8. The van der Waals surface area contributed by atoms with Gasteiger partial charge in [-0.05, 0) is 103 Å². The number of rotatable bonds is 6. The average molecular weight is 730 g/mol. The van der Waals surface area contributed by atoms with Gasteiger partial charge in [0.2, 0.25) is 0 Å². The van der Waals surface area contributed by atoms with Gasteiger partial charge in [-0.15, -0.1) is 0 Å². The normalized spacial score (nSPS) is 12.9. The molecule has 0 bridgehead atoms. The number of nitrogens with zero attached hydrogens (tertiary/aromatic N) is 1. The van der Waals surface area contributed by atoms with Gasteiger partial charge in [0.05, 0.1) is 5.69 Å². The topological polar surface area (TPSA) is 16.4 Å². The maximum absolute atomic E-state index is 6.29. The smallest absolute Gasteiger partial charge is 0.136 e. The predicted molar refractivity (Wildman–Crippen MR) is 240 cm³/mol. The average Bonchev–Trinajstić information content (AvgIpc) is 3.76. The minimum Gasteiger partial charge on any atom is -0.456 e. The van der Waals surface area contributed by atoms with Crippen LogP contribution in [0.4, 0.5) is 17.1 Å². The van der Waals surface area contributed by atoms with E-state index in [4.69, 9.17) is 4.42 Å². The van der Waals surface area contributed by atoms with Gasteiger partial charge in [0.15, 0.2) is 0 Å². The molecule has 9 aromatic carbocycles. The van der Waals surface area contributed by atoms with Crippen molar-refractivity contribution in [3.63, 3.8) is 0 Å². The van der Waals surface area contributed by atoms with E-state index in [-0.39, 0.29) is 5.41 Å². The molecule has 2 nitrogen and oxygen atoms in total. The van der Waals surface area contributed by atoms with Crippen molar-refractivity contribution < 1.29 is 4.42 Å². The molecule has 1 aromatic heterocycles. The first kappa shape index (κ1) is 33.2. The highest BCUT2D eigenvalue weighted by Crippen LogP contribution is 2.51. The molecule has 0 amide bonds. The third-order valence-electron chi connectivity index (χ3n) is 12.1. The molecule has 0 atom stereocenters. The van der Waals surface area contributed by atoms with Crippen LogP contribution in [0.5, 0.6) is 0 Å². The van der Waals surface area contributed by atoms with Crippen molar-refractivity contribution in [3.05, 3.63) is 211 Å². The van der Waals surface area contributed by atoms with E-state index >= 15 is 0 Å². The molecule has 11 rings (SSSR count). The minimum atomic E-state index is -0.111. The number of para-hydroxylation sites is 2. The van der Waals surface area contributed by atoms with Gasteiger partial charge in [-0.1, -0.05) is 172 Å². The number of hydrogen-bond acceptors (Lipinski definition) is 2. The second kappa shape index (κ2) is 13.0. The Morgan fingerprint density at radius 3 is 1.75 bits per heavy atom. The zero-order chi connectivity index (χ0) is 38.1. The van der Waals surface area contributed by atoms with Crippen LogP contribution >= 0.6 is 0 Å². The van der Waals surface area contributed by atoms with Crippen molar-refractivity contribution >= 4 is 49.8 Å². The fraction of sp³-hybridized carbons (Fsp3) is 0.0545. The third-order valence-corrected chi connectivity index (χ3v) is 12.1. The third kappa shape index (κ3) is 5.25. The molecule has 57 heavy (non-hydrogen) atoms. The molecule has 0 saturated carbocycles. The fourth-order valence-corrected chi connectivity index (χ4v) is 9.36. The summed E-state index contributed by atoms with van der Waals surface area (Å²) in [7, 11) is 0. The lowest BCUT2D eigenvalue weighted by atomic mass is 9.82. The zero-order valence-corrected chi connectivity index (χ0v) is 31.9. The Hall–Kier alpha value is -7.16. The van der Waals surface area contributed by atoms with E-state index < -0.39 is 0 Å². The Bertz CT molecular complexity index is 3150. The van der Waals surface area contributed by atoms with Crippen LogP contribution in [0.1, 0.15) is 25.0 Å². The maximum atomic E-state index is 6.29. The van der Waals surface area contributed by atoms with E-state index in [0.29, 0.717) is 0 Å². The summed E-state index contributed by atoms with van der Waals surface area (Å²) in [6.45, 7) is 4.71. The molecule has 0 fully saturated rings. The van der Waals surface area contributed by atoms with Crippen molar-refractivity contribution in [1.82, 2.24) is 0 Å². The largest absolute Gasteiger partial charge is 0.456 e. The summed E-state index contributed by atoms with van der Waals surface area (Å²) in [5, 5.41) is 4.74. The number of benzene rings is 9. The zero-order valence-electron chi connectivity index (χ0n) is 31.9. The maximum Gasteiger partial charge on any atom is 0.136 e. The summed E-state index contributed by atoms with van der Waals surface area (Å²) in [5.41, 5.74) is 17.6. The van der Waals surface area contributed by atoms with Crippen molar-refractivity contribution in [1.29, 1.82) is 0 Å². The van der Waals surface area contributed by atoms with E-state index in [1.54, 1.807) is 0 Å². The molecule has 2 heteroatoms. The lowest BCUT2D eigenvalue weighted by molar-refractivity contribution is 0.660. The first-order valence-corrected chi connectivity index (χ1v) is 19.8. The Balaban J connectivity index is 1.05. The van der Waals surface area contributed by atoms with Crippen LogP contribution in [0.3, 0.4) is 0 Å². The van der Waals surface area contributed by atoms with Gasteiger partial charge in [-0.25, -0.2) is 0 Å². The van der Waals surface area contributed by atoms with Gasteiger partial charge in [0, 0.05) is 33.1 Å². The van der Waals surface area contributed by atoms with Gasteiger partial charge in [-0.2, -0.15) is 0 Å². The molecular weight excluding hydrogens is 691 g/mol. The predicted octanol–water partition coefficient (Wildman–Crippen LogP) is 15.5. The van der Waals surface area contributed by atoms with Crippen LogP contribution in [-0.2, 0) is 5.41 Å². The molecule has 1 aliphatic rings. The van der Waals surface area contributed by atoms with Gasteiger partial charge >= 0.3 is 0 Å². The molecule has 0 unspecified atom stereocenters. The van der Waals surface area contributed by atoms with E-state index in [0.717, 1.165) is 39.0 Å². The van der Waals surface area contributed by atoms with Crippen LogP contribution in [0.25, 0.3) is 77.2 Å². The molecule has 0 N–H and O–H groups in total. The highest BCUT2D eigenvalue weighted by atomic mass is 16.3. The molecule has 10 aromatic rings. The Kier molecular flexibility index (Phi) is 7.55. The number of hydrogen-bond donors (Lipinski definition) is 0. The quantitative estimate of drug-likeness (QED) is 0.169. The molecule has 0 spiro atoms. The SMILES string of the molecule is CC1(C)c2ccccc2-c2ccc(N(c3ccc(-c4ccc(-c5cccc6oc7ccccc7c56)c5ccccc45)cc3)c3ccccc3-c3ccccc3)cc21. The lowest BCUT2D eigenvalue weighted by Crippen LogP contribution is -2.16. The minimum absolute atomic E-state index is 0.111. The highest BCUT2D eigenvalue weighted by molar-refractivity contribution is 6.16. The van der Waals surface area contributed by atoms with Crippen molar-refractivity contribution in [2.45, 2.75) is 19.3 Å². The Labute approximate surface area is 332 Å². The summed E-state index contributed by atoms with van der Waals surface area (Å²) in [4.78, 5) is 2.43. The monoisotopic (exact) mass is 729 g/mol. The fourth-order valence-electron chi connectivity index (χ4n) is 9.36. The van der Waals surface area contributed by atoms with Gasteiger partial charge in [0.1, 0.15) is 11.2 Å². The Morgan fingerprint density at radius 1 is 0.368 bits per heavy atom. The molecule has 0 saturated heterocycles. The van der Waals surface area contributed by atoms with Crippen LogP contribution in [-0.4, -0.2) is 0 Å². The van der Waals surface area contributed by atoms with Gasteiger partial charge < -0.3 is 9.32 Å². The lowest BCUT2D eigenvalue weighted by Gasteiger charge is -2.30. The molecule has 0 radical (unpaired) electrons. The van der Waals surface area contributed by atoms with Crippen LogP contribution in [0.2, 0.25) is 0 Å². The van der Waals surface area contributed by atoms with Crippen LogP contribution in [0.15, 0.2) is 205 Å². The van der Waals surface area contributed by atoms with Gasteiger partial charge in [-0.3, -0.25) is 0 Å². The van der Waals surface area contributed by atoms with E-state index in [2.05, 4.69) is 213 Å². The molecule has 270 valence electrons. The summed E-state index contributed by atoms with van der Waals surface area (Å²) >= 11 is 0. The standard InChI is InChI=1S/C55H39NO/c1-55(2)49-23-11-8-20-45(49)46-32-31-39(35-50(46)55)56(51-24-12-9-17-41(51)36-15-4-3-5-16-36)38-29-27-37(28-30-38)40-33-34-44(43-19-7-6-18-42(40)43)47-22-14-26-53-54(47)48-21-10-13-25-52(48)57-53/h3-35H,1-2H3. The summed E-state index contributed by atoms with van der Waals surface area (Å²) in [5.74, 6) is 0. The number of furan rings is 1. The highest BCUT2D eigenvalue weighted by Gasteiger charge is 2.36. The van der Waals surface area contributed by atoms with E-state index in [1.807, 2.05) is 6.07 Å². The Morgan fingerprint density at radius 2 is 0.930 bits per heavy atom. The van der Waals surface area contributed by atoms with Crippen molar-refractivity contribution in [2.24, 2.45) is 0 Å². The molecule has 0 aliphatic heterocycles. The molecule has 1 aliphatic carbocycles. The second-order valence-corrected chi connectivity index (χ2v) is 15.6. The number of fused-ring (bicyclic) bond motifs is 7. The summed E-state index contributed by atoms with van der Waals surface area (Å²) in [6, 6.07) is 72.6. The first-order chi connectivity index (χ1) is 28.0. The van der Waals surface area contributed by atoms with E-state index in [1.165, 1.54) is 66.4 Å². The summed E-state index contributed by atoms with van der Waals surface area (Å²) in [6.07, 6.45) is 0.